The number of hydrogen-bond donors (Lipinski definition) is 0. The van der Waals surface area contributed by atoms with Gasteiger partial charge in [-0.2, -0.15) is 13.2 Å². The zero-order valence-electron chi connectivity index (χ0n) is 11.4. The molecule has 0 radical (unpaired) electrons. The van der Waals surface area contributed by atoms with Gasteiger partial charge in [0, 0.05) is 31.1 Å². The summed E-state index contributed by atoms with van der Waals surface area (Å²) in [4.78, 5) is 5.61. The number of thiazole rings is 1. The van der Waals surface area contributed by atoms with Gasteiger partial charge in [-0.05, 0) is 6.07 Å². The summed E-state index contributed by atoms with van der Waals surface area (Å²) in [5.41, 5.74) is 1.43. The minimum Gasteiger partial charge on any atom is -0.472 e. The normalized spacial score (nSPS) is 12.2. The van der Waals surface area contributed by atoms with E-state index in [-0.39, 0.29) is 19.7 Å². The lowest BCUT2D eigenvalue weighted by molar-refractivity contribution is -0.148. The average molecular weight is 320 g/mol. The van der Waals surface area contributed by atoms with Crippen LogP contribution in [0.2, 0.25) is 0 Å². The monoisotopic (exact) mass is 320 g/mol. The van der Waals surface area contributed by atoms with Crippen LogP contribution in [0.25, 0.3) is 10.6 Å². The number of hydrogen-bond acceptors (Lipinski definition) is 5. The predicted molar refractivity (Wildman–Crippen MR) is 73.0 cm³/mol. The van der Waals surface area contributed by atoms with Crippen molar-refractivity contribution in [2.75, 3.05) is 26.8 Å². The highest BCUT2D eigenvalue weighted by Crippen LogP contribution is 2.25. The summed E-state index contributed by atoms with van der Waals surface area (Å²) in [5.74, 6) is 0. The Bertz CT molecular complexity index is 540. The summed E-state index contributed by atoms with van der Waals surface area (Å²) in [6.07, 6.45) is -1.15. The molecule has 2 rings (SSSR count). The van der Waals surface area contributed by atoms with Crippen LogP contribution < -0.4 is 0 Å². The molecule has 4 nitrogen and oxygen atoms in total. The lowest BCUT2D eigenvalue weighted by Gasteiger charge is -2.22. The van der Waals surface area contributed by atoms with Crippen molar-refractivity contribution < 1.29 is 22.3 Å². The minimum absolute atomic E-state index is 0.136. The Labute approximate surface area is 124 Å². The van der Waals surface area contributed by atoms with Crippen LogP contribution in [0.1, 0.15) is 5.69 Å². The Morgan fingerprint density at radius 3 is 2.86 bits per heavy atom. The minimum atomic E-state index is -4.24. The first kappa shape index (κ1) is 16.0. The van der Waals surface area contributed by atoms with Gasteiger partial charge in [-0.25, -0.2) is 4.98 Å². The lowest BCUT2D eigenvalue weighted by Crippen LogP contribution is -2.36. The number of halogens is 3. The van der Waals surface area contributed by atoms with Crippen molar-refractivity contribution in [3.05, 3.63) is 29.7 Å². The van der Waals surface area contributed by atoms with E-state index in [9.17, 15) is 13.2 Å². The molecule has 21 heavy (non-hydrogen) atoms. The SMILES string of the molecule is COCCN(Cc1csc(-c2ccoc2)n1)CC(F)(F)F. The summed E-state index contributed by atoms with van der Waals surface area (Å²) >= 11 is 1.38. The molecule has 0 bridgehead atoms. The van der Waals surface area contributed by atoms with Gasteiger partial charge in [0.1, 0.15) is 11.3 Å². The number of alkyl halides is 3. The number of ether oxygens (including phenoxy) is 1. The maximum Gasteiger partial charge on any atom is 0.401 e. The van der Waals surface area contributed by atoms with E-state index in [1.165, 1.54) is 29.6 Å². The standard InChI is InChI=1S/C13H15F3N2O2S/c1-19-5-3-18(9-13(14,15)16)6-11-8-21-12(17-11)10-2-4-20-7-10/h2,4,7-8H,3,5-6,9H2,1H3. The van der Waals surface area contributed by atoms with E-state index >= 15 is 0 Å². The van der Waals surface area contributed by atoms with Gasteiger partial charge in [0.15, 0.2) is 0 Å². The first-order valence-corrected chi connectivity index (χ1v) is 7.11. The first-order valence-electron chi connectivity index (χ1n) is 6.23. The van der Waals surface area contributed by atoms with E-state index in [4.69, 9.17) is 9.15 Å². The molecule has 0 saturated heterocycles. The number of rotatable bonds is 7. The Kier molecular flexibility index (Phi) is 5.38. The average Bonchev–Trinajstić information content (AvgIpc) is 3.04. The molecule has 0 fully saturated rings. The molecule has 0 unspecified atom stereocenters. The first-order chi connectivity index (χ1) is 9.98. The predicted octanol–water partition coefficient (Wildman–Crippen LogP) is 3.41. The van der Waals surface area contributed by atoms with E-state index in [0.717, 1.165) is 10.6 Å². The third-order valence-electron chi connectivity index (χ3n) is 2.72. The van der Waals surface area contributed by atoms with Crippen molar-refractivity contribution >= 4 is 11.3 Å². The number of methoxy groups -OCH3 is 1. The van der Waals surface area contributed by atoms with Gasteiger partial charge in [0.05, 0.1) is 25.1 Å². The highest BCUT2D eigenvalue weighted by atomic mass is 32.1. The van der Waals surface area contributed by atoms with Gasteiger partial charge < -0.3 is 9.15 Å². The molecule has 0 aliphatic heterocycles. The third-order valence-corrected chi connectivity index (χ3v) is 3.66. The van der Waals surface area contributed by atoms with Crippen LogP contribution in [0.15, 0.2) is 28.4 Å². The van der Waals surface area contributed by atoms with E-state index < -0.39 is 12.7 Å². The van der Waals surface area contributed by atoms with E-state index in [0.29, 0.717) is 5.69 Å². The topological polar surface area (TPSA) is 38.5 Å². The van der Waals surface area contributed by atoms with Gasteiger partial charge in [0.25, 0.3) is 0 Å². The second-order valence-electron chi connectivity index (χ2n) is 4.47. The van der Waals surface area contributed by atoms with Crippen molar-refractivity contribution in [3.63, 3.8) is 0 Å². The molecule has 2 aromatic rings. The van der Waals surface area contributed by atoms with Crippen LogP contribution in [0.4, 0.5) is 13.2 Å². The molecule has 0 spiro atoms. The van der Waals surface area contributed by atoms with Gasteiger partial charge >= 0.3 is 6.18 Å². The van der Waals surface area contributed by atoms with Crippen LogP contribution in [-0.4, -0.2) is 42.9 Å². The zero-order valence-corrected chi connectivity index (χ0v) is 12.2. The van der Waals surface area contributed by atoms with Crippen molar-refractivity contribution in [1.29, 1.82) is 0 Å². The number of furan rings is 1. The molecule has 0 aliphatic rings. The van der Waals surface area contributed by atoms with Crippen molar-refractivity contribution in [3.8, 4) is 10.6 Å². The molecule has 0 saturated carbocycles. The largest absolute Gasteiger partial charge is 0.472 e. The molecule has 116 valence electrons. The van der Waals surface area contributed by atoms with Crippen molar-refractivity contribution in [2.24, 2.45) is 0 Å². The molecule has 8 heteroatoms. The summed E-state index contributed by atoms with van der Waals surface area (Å²) in [6, 6.07) is 1.76. The smallest absolute Gasteiger partial charge is 0.401 e. The number of aromatic nitrogens is 1. The maximum atomic E-state index is 12.6. The summed E-state index contributed by atoms with van der Waals surface area (Å²) in [6.45, 7) is -0.393. The van der Waals surface area contributed by atoms with E-state index in [1.807, 2.05) is 0 Å². The molecular weight excluding hydrogens is 305 g/mol. The van der Waals surface area contributed by atoms with Gasteiger partial charge in [0.2, 0.25) is 0 Å². The Morgan fingerprint density at radius 2 is 2.24 bits per heavy atom. The van der Waals surface area contributed by atoms with Crippen LogP contribution >= 0.6 is 11.3 Å². The third kappa shape index (κ3) is 5.14. The van der Waals surface area contributed by atoms with E-state index in [2.05, 4.69) is 4.98 Å². The molecule has 0 amide bonds. The van der Waals surface area contributed by atoms with Crippen LogP contribution in [0, 0.1) is 0 Å². The lowest BCUT2D eigenvalue weighted by atomic mass is 10.3. The molecule has 0 N–H and O–H groups in total. The van der Waals surface area contributed by atoms with Crippen molar-refractivity contribution in [2.45, 2.75) is 12.7 Å². The maximum absolute atomic E-state index is 12.6. The summed E-state index contributed by atoms with van der Waals surface area (Å²) in [7, 11) is 1.46. The van der Waals surface area contributed by atoms with E-state index in [1.54, 1.807) is 17.7 Å². The second kappa shape index (κ2) is 7.06. The fraction of sp³-hybridized carbons (Fsp3) is 0.462. The summed E-state index contributed by atoms with van der Waals surface area (Å²) in [5, 5.41) is 2.50. The Morgan fingerprint density at radius 1 is 1.43 bits per heavy atom. The molecular formula is C13H15F3N2O2S. The molecule has 2 aromatic heterocycles. The van der Waals surface area contributed by atoms with Crippen LogP contribution in [-0.2, 0) is 11.3 Å². The summed E-state index contributed by atoms with van der Waals surface area (Å²) < 4.78 is 47.5. The number of nitrogens with zero attached hydrogens (tertiary/aromatic N) is 2. The quantitative estimate of drug-likeness (QED) is 0.783. The molecule has 0 aromatic carbocycles. The van der Waals surface area contributed by atoms with Gasteiger partial charge in [-0.3, -0.25) is 4.90 Å². The fourth-order valence-corrected chi connectivity index (χ4v) is 2.61. The van der Waals surface area contributed by atoms with Gasteiger partial charge in [-0.15, -0.1) is 11.3 Å². The second-order valence-corrected chi connectivity index (χ2v) is 5.33. The van der Waals surface area contributed by atoms with Crippen LogP contribution in [0.5, 0.6) is 0 Å². The highest BCUT2D eigenvalue weighted by Gasteiger charge is 2.30. The van der Waals surface area contributed by atoms with Crippen LogP contribution in [0.3, 0.4) is 0 Å². The Balaban J connectivity index is 2.02. The molecule has 2 heterocycles. The zero-order chi connectivity index (χ0) is 15.3. The molecule has 0 atom stereocenters. The van der Waals surface area contributed by atoms with Crippen molar-refractivity contribution in [1.82, 2.24) is 9.88 Å². The fourth-order valence-electron chi connectivity index (χ4n) is 1.82. The van der Waals surface area contributed by atoms with Gasteiger partial charge in [-0.1, -0.05) is 0 Å². The Hall–Kier alpha value is -1.38. The molecule has 0 aliphatic carbocycles. The highest BCUT2D eigenvalue weighted by molar-refractivity contribution is 7.13.